The fraction of sp³-hybridized carbons (Fsp3) is 0.714. The third-order valence-corrected chi connectivity index (χ3v) is 5.10. The van der Waals surface area contributed by atoms with Crippen LogP contribution in [-0.4, -0.2) is 18.3 Å². The first-order valence-electron chi connectivity index (χ1n) is 9.33. The van der Waals surface area contributed by atoms with Gasteiger partial charge in [0.1, 0.15) is 0 Å². The Morgan fingerprint density at radius 1 is 0.583 bits per heavy atom. The summed E-state index contributed by atoms with van der Waals surface area (Å²) in [7, 11) is 0. The molecule has 0 aromatic heterocycles. The van der Waals surface area contributed by atoms with Gasteiger partial charge in [-0.3, -0.25) is 0 Å². The fourth-order valence-electron chi connectivity index (χ4n) is 3.55. The summed E-state index contributed by atoms with van der Waals surface area (Å²) in [5.41, 5.74) is 0. The maximum absolute atomic E-state index is 5.86. The highest BCUT2D eigenvalue weighted by molar-refractivity contribution is 4.89. The van der Waals surface area contributed by atoms with Crippen LogP contribution in [0, 0.1) is 17.8 Å². The fourth-order valence-corrected chi connectivity index (χ4v) is 3.55. The van der Waals surface area contributed by atoms with E-state index in [-0.39, 0.29) is 18.3 Å². The SMILES string of the molecule is CC=COC(C)C1CC(C(C)OC=CC)CC(C(C)OC=CC)C1. The molecule has 3 unspecified atom stereocenters. The lowest BCUT2D eigenvalue weighted by Crippen LogP contribution is -2.38. The molecule has 0 bridgehead atoms. The largest absolute Gasteiger partial charge is 0.498 e. The molecule has 0 aromatic rings. The van der Waals surface area contributed by atoms with Crippen LogP contribution in [0.4, 0.5) is 0 Å². The highest BCUT2D eigenvalue weighted by Crippen LogP contribution is 2.40. The van der Waals surface area contributed by atoms with E-state index in [1.165, 1.54) is 0 Å². The van der Waals surface area contributed by atoms with Gasteiger partial charge in [-0.05, 0) is 78.6 Å². The van der Waals surface area contributed by atoms with Gasteiger partial charge in [0.05, 0.1) is 37.1 Å². The van der Waals surface area contributed by atoms with Crippen molar-refractivity contribution >= 4 is 0 Å². The summed E-state index contributed by atoms with van der Waals surface area (Å²) < 4.78 is 17.6. The second kappa shape index (κ2) is 11.2. The molecule has 0 radical (unpaired) electrons. The number of ether oxygens (including phenoxy) is 3. The second-order valence-corrected chi connectivity index (χ2v) is 6.92. The lowest BCUT2D eigenvalue weighted by atomic mass is 9.70. The van der Waals surface area contributed by atoms with Crippen LogP contribution >= 0.6 is 0 Å². The highest BCUT2D eigenvalue weighted by Gasteiger charge is 2.37. The Bertz CT molecular complexity index is 345. The van der Waals surface area contributed by atoms with Crippen molar-refractivity contribution in [2.24, 2.45) is 17.8 Å². The van der Waals surface area contributed by atoms with Crippen molar-refractivity contribution in [3.05, 3.63) is 37.0 Å². The van der Waals surface area contributed by atoms with Crippen molar-refractivity contribution in [3.63, 3.8) is 0 Å². The van der Waals surface area contributed by atoms with Crippen LogP contribution in [0.2, 0.25) is 0 Å². The molecule has 0 aliphatic heterocycles. The summed E-state index contributed by atoms with van der Waals surface area (Å²) in [6.07, 6.45) is 15.4. The van der Waals surface area contributed by atoms with E-state index in [2.05, 4.69) is 20.8 Å². The van der Waals surface area contributed by atoms with Crippen molar-refractivity contribution in [2.45, 2.75) is 79.1 Å². The Morgan fingerprint density at radius 2 is 0.833 bits per heavy atom. The van der Waals surface area contributed by atoms with Gasteiger partial charge in [0.25, 0.3) is 0 Å². The van der Waals surface area contributed by atoms with Gasteiger partial charge in [0, 0.05) is 0 Å². The molecule has 138 valence electrons. The average Bonchev–Trinajstić information content (AvgIpc) is 2.61. The number of allylic oxidation sites excluding steroid dienone is 3. The Labute approximate surface area is 148 Å². The monoisotopic (exact) mass is 336 g/mol. The van der Waals surface area contributed by atoms with Gasteiger partial charge >= 0.3 is 0 Å². The van der Waals surface area contributed by atoms with Crippen molar-refractivity contribution in [3.8, 4) is 0 Å². The standard InChI is InChI=1S/C21H36O3/c1-7-10-22-16(4)19-13-20(17(5)23-11-8-2)15-21(14-19)18(6)24-12-9-3/h7-12,16-21H,13-15H2,1-6H3. The molecule has 3 nitrogen and oxygen atoms in total. The van der Waals surface area contributed by atoms with Crippen molar-refractivity contribution in [1.82, 2.24) is 0 Å². The number of hydrogen-bond acceptors (Lipinski definition) is 3. The molecule has 1 saturated carbocycles. The topological polar surface area (TPSA) is 27.7 Å². The van der Waals surface area contributed by atoms with Crippen LogP contribution in [0.3, 0.4) is 0 Å². The second-order valence-electron chi connectivity index (χ2n) is 6.92. The molecule has 3 heteroatoms. The van der Waals surface area contributed by atoms with Crippen LogP contribution in [0.1, 0.15) is 60.8 Å². The quantitative estimate of drug-likeness (QED) is 0.495. The van der Waals surface area contributed by atoms with Gasteiger partial charge in [-0.25, -0.2) is 0 Å². The van der Waals surface area contributed by atoms with Gasteiger partial charge in [-0.1, -0.05) is 18.2 Å². The van der Waals surface area contributed by atoms with E-state index in [0.29, 0.717) is 17.8 Å². The van der Waals surface area contributed by atoms with E-state index < -0.39 is 0 Å². The molecule has 0 amide bonds. The van der Waals surface area contributed by atoms with E-state index >= 15 is 0 Å². The first-order chi connectivity index (χ1) is 11.5. The molecule has 1 aliphatic rings. The average molecular weight is 337 g/mol. The van der Waals surface area contributed by atoms with E-state index in [4.69, 9.17) is 14.2 Å². The maximum Gasteiger partial charge on any atom is 0.0978 e. The van der Waals surface area contributed by atoms with Gasteiger partial charge in [0.2, 0.25) is 0 Å². The minimum absolute atomic E-state index is 0.217. The first-order valence-corrected chi connectivity index (χ1v) is 9.33. The molecule has 0 N–H and O–H groups in total. The molecule has 0 aromatic carbocycles. The van der Waals surface area contributed by atoms with Crippen LogP contribution in [0.25, 0.3) is 0 Å². The van der Waals surface area contributed by atoms with Gasteiger partial charge in [-0.2, -0.15) is 0 Å². The molecule has 1 aliphatic carbocycles. The molecule has 0 heterocycles. The van der Waals surface area contributed by atoms with E-state index in [1.807, 2.05) is 57.8 Å². The van der Waals surface area contributed by atoms with Gasteiger partial charge < -0.3 is 14.2 Å². The molecule has 24 heavy (non-hydrogen) atoms. The zero-order valence-electron chi connectivity index (χ0n) is 16.3. The molecule has 0 saturated heterocycles. The number of hydrogen-bond donors (Lipinski definition) is 0. The molecular formula is C21H36O3. The van der Waals surface area contributed by atoms with E-state index in [9.17, 15) is 0 Å². The zero-order chi connectivity index (χ0) is 17.9. The third kappa shape index (κ3) is 6.62. The zero-order valence-corrected chi connectivity index (χ0v) is 16.3. The normalized spacial score (nSPS) is 29.0. The Balaban J connectivity index is 2.80. The number of rotatable bonds is 9. The smallest absolute Gasteiger partial charge is 0.0978 e. The summed E-state index contributed by atoms with van der Waals surface area (Å²) in [5.74, 6) is 1.58. The van der Waals surface area contributed by atoms with Gasteiger partial charge in [-0.15, -0.1) is 0 Å². The summed E-state index contributed by atoms with van der Waals surface area (Å²) >= 11 is 0. The summed E-state index contributed by atoms with van der Waals surface area (Å²) in [4.78, 5) is 0. The van der Waals surface area contributed by atoms with E-state index in [0.717, 1.165) is 19.3 Å². The van der Waals surface area contributed by atoms with E-state index in [1.54, 1.807) is 0 Å². The van der Waals surface area contributed by atoms with Crippen molar-refractivity contribution in [2.75, 3.05) is 0 Å². The molecule has 1 fully saturated rings. The highest BCUT2D eigenvalue weighted by atomic mass is 16.5. The minimum atomic E-state index is 0.217. The summed E-state index contributed by atoms with van der Waals surface area (Å²) in [6, 6.07) is 0. The predicted octanol–water partition coefficient (Wildman–Crippen LogP) is 5.84. The minimum Gasteiger partial charge on any atom is -0.498 e. The summed E-state index contributed by atoms with van der Waals surface area (Å²) in [6.45, 7) is 12.5. The van der Waals surface area contributed by atoms with Crippen LogP contribution in [-0.2, 0) is 14.2 Å². The van der Waals surface area contributed by atoms with Crippen molar-refractivity contribution < 1.29 is 14.2 Å². The first kappa shape index (κ1) is 20.7. The van der Waals surface area contributed by atoms with Crippen LogP contribution < -0.4 is 0 Å². The lowest BCUT2D eigenvalue weighted by molar-refractivity contribution is -0.0257. The summed E-state index contributed by atoms with van der Waals surface area (Å²) in [5, 5.41) is 0. The third-order valence-electron chi connectivity index (χ3n) is 5.10. The maximum atomic E-state index is 5.86. The van der Waals surface area contributed by atoms with Crippen LogP contribution in [0.15, 0.2) is 37.0 Å². The Morgan fingerprint density at radius 3 is 1.04 bits per heavy atom. The van der Waals surface area contributed by atoms with Gasteiger partial charge in [0.15, 0.2) is 0 Å². The molecule has 0 spiro atoms. The lowest BCUT2D eigenvalue weighted by Gasteiger charge is -2.41. The molecule has 3 atom stereocenters. The predicted molar refractivity (Wildman–Crippen MR) is 100 cm³/mol. The molecule has 1 rings (SSSR count). The Kier molecular flexibility index (Phi) is 9.66. The molecular weight excluding hydrogens is 300 g/mol. The Hall–Kier alpha value is -1.38. The van der Waals surface area contributed by atoms with Crippen molar-refractivity contribution in [1.29, 1.82) is 0 Å². The van der Waals surface area contributed by atoms with Crippen LogP contribution in [0.5, 0.6) is 0 Å².